The first kappa shape index (κ1) is 16.3. The van der Waals surface area contributed by atoms with Crippen LogP contribution in [0.5, 0.6) is 0 Å². The van der Waals surface area contributed by atoms with Gasteiger partial charge in [0.25, 0.3) is 0 Å². The molecule has 24 heavy (non-hydrogen) atoms. The lowest BCUT2D eigenvalue weighted by Crippen LogP contribution is -2.17. The van der Waals surface area contributed by atoms with Crippen molar-refractivity contribution >= 4 is 34.3 Å². The molecule has 0 aliphatic rings. The van der Waals surface area contributed by atoms with Gasteiger partial charge in [0.1, 0.15) is 0 Å². The van der Waals surface area contributed by atoms with Crippen LogP contribution in [0.3, 0.4) is 0 Å². The second-order valence-corrected chi connectivity index (χ2v) is 6.01. The zero-order valence-corrected chi connectivity index (χ0v) is 14.0. The monoisotopic (exact) mass is 344 g/mol. The van der Waals surface area contributed by atoms with Crippen LogP contribution in [0.4, 0.5) is 5.69 Å². The number of oxazole rings is 1. The Balaban J connectivity index is 1.59. The van der Waals surface area contributed by atoms with Crippen LogP contribution >= 0.6 is 11.6 Å². The molecular formula is C18H17ClN2O3. The Morgan fingerprint density at radius 3 is 2.83 bits per heavy atom. The van der Waals surface area contributed by atoms with Gasteiger partial charge in [-0.15, -0.1) is 0 Å². The maximum absolute atomic E-state index is 12.0. The van der Waals surface area contributed by atoms with Crippen LogP contribution < -0.4 is 11.1 Å². The first-order valence-corrected chi connectivity index (χ1v) is 8.07. The fourth-order valence-electron chi connectivity index (χ4n) is 2.52. The number of carbonyl (C=O) groups excluding carboxylic acids is 1. The molecule has 6 heteroatoms. The molecule has 1 N–H and O–H groups in total. The molecule has 1 aromatic heterocycles. The van der Waals surface area contributed by atoms with E-state index in [-0.39, 0.29) is 5.91 Å². The molecule has 5 nitrogen and oxygen atoms in total. The summed E-state index contributed by atoms with van der Waals surface area (Å²) in [5.74, 6) is -0.516. The fourth-order valence-corrected chi connectivity index (χ4v) is 2.70. The van der Waals surface area contributed by atoms with Gasteiger partial charge in [0, 0.05) is 23.7 Å². The van der Waals surface area contributed by atoms with Gasteiger partial charge in [-0.25, -0.2) is 4.79 Å². The highest BCUT2D eigenvalue weighted by atomic mass is 35.5. The number of benzene rings is 2. The second kappa shape index (κ2) is 6.93. The normalized spacial score (nSPS) is 10.9. The zero-order chi connectivity index (χ0) is 17.1. The van der Waals surface area contributed by atoms with E-state index in [1.807, 2.05) is 37.3 Å². The number of amides is 1. The molecule has 1 amide bonds. The van der Waals surface area contributed by atoms with Crippen LogP contribution in [0.15, 0.2) is 51.7 Å². The predicted molar refractivity (Wildman–Crippen MR) is 94.5 cm³/mol. The number of aromatic nitrogens is 1. The van der Waals surface area contributed by atoms with Gasteiger partial charge in [-0.1, -0.05) is 29.8 Å². The Morgan fingerprint density at radius 1 is 1.25 bits per heavy atom. The minimum absolute atomic E-state index is 0.115. The number of halogens is 1. The molecule has 1 heterocycles. The van der Waals surface area contributed by atoms with Crippen molar-refractivity contribution in [3.63, 3.8) is 0 Å². The van der Waals surface area contributed by atoms with Crippen LogP contribution in [0.1, 0.15) is 18.4 Å². The maximum atomic E-state index is 12.0. The number of hydrogen-bond acceptors (Lipinski definition) is 3. The van der Waals surface area contributed by atoms with E-state index in [4.69, 9.17) is 16.0 Å². The average molecular weight is 345 g/mol. The minimum Gasteiger partial charge on any atom is -0.408 e. The average Bonchev–Trinajstić information content (AvgIpc) is 2.87. The topological polar surface area (TPSA) is 64.2 Å². The predicted octanol–water partition coefficient (Wildman–Crippen LogP) is 3.98. The molecular weight excluding hydrogens is 328 g/mol. The molecule has 0 aliphatic carbocycles. The first-order valence-electron chi connectivity index (χ1n) is 7.69. The van der Waals surface area contributed by atoms with Gasteiger partial charge < -0.3 is 9.73 Å². The molecule has 0 spiro atoms. The molecule has 0 saturated carbocycles. The quantitative estimate of drug-likeness (QED) is 0.761. The van der Waals surface area contributed by atoms with Crippen molar-refractivity contribution in [2.45, 2.75) is 26.3 Å². The van der Waals surface area contributed by atoms with Gasteiger partial charge in [-0.05, 0) is 43.2 Å². The lowest BCUT2D eigenvalue weighted by molar-refractivity contribution is -0.116. The number of fused-ring (bicyclic) bond motifs is 1. The summed E-state index contributed by atoms with van der Waals surface area (Å²) in [6.45, 7) is 2.33. The first-order chi connectivity index (χ1) is 11.5. The highest BCUT2D eigenvalue weighted by Crippen LogP contribution is 2.20. The smallest absolute Gasteiger partial charge is 0.408 e. The molecule has 0 aliphatic heterocycles. The van der Waals surface area contributed by atoms with Crippen molar-refractivity contribution in [1.29, 1.82) is 0 Å². The van der Waals surface area contributed by atoms with Crippen molar-refractivity contribution in [3.8, 4) is 0 Å². The number of rotatable bonds is 5. The molecule has 0 radical (unpaired) electrons. The summed E-state index contributed by atoms with van der Waals surface area (Å²) >= 11 is 6.04. The Bertz CT molecular complexity index is 943. The van der Waals surface area contributed by atoms with Crippen LogP contribution in [0, 0.1) is 6.92 Å². The van der Waals surface area contributed by atoms with Crippen molar-refractivity contribution in [2.24, 2.45) is 0 Å². The van der Waals surface area contributed by atoms with E-state index in [1.165, 1.54) is 0 Å². The summed E-state index contributed by atoms with van der Waals surface area (Å²) in [5.41, 5.74) is 2.93. The second-order valence-electron chi connectivity index (χ2n) is 5.60. The van der Waals surface area contributed by atoms with Crippen LogP contribution in [-0.2, 0) is 11.3 Å². The number of para-hydroxylation sites is 2. The lowest BCUT2D eigenvalue weighted by Gasteiger charge is -2.07. The molecule has 124 valence electrons. The van der Waals surface area contributed by atoms with E-state index in [1.54, 1.807) is 16.7 Å². The van der Waals surface area contributed by atoms with E-state index in [9.17, 15) is 9.59 Å². The zero-order valence-electron chi connectivity index (χ0n) is 13.2. The summed E-state index contributed by atoms with van der Waals surface area (Å²) in [6.07, 6.45) is 0.840. The highest BCUT2D eigenvalue weighted by Gasteiger charge is 2.09. The summed E-state index contributed by atoms with van der Waals surface area (Å²) in [4.78, 5) is 23.9. The summed E-state index contributed by atoms with van der Waals surface area (Å²) in [7, 11) is 0. The Hall–Kier alpha value is -2.53. The van der Waals surface area contributed by atoms with Gasteiger partial charge in [-0.2, -0.15) is 0 Å². The van der Waals surface area contributed by atoms with Gasteiger partial charge in [0.05, 0.1) is 5.52 Å². The third-order valence-electron chi connectivity index (χ3n) is 3.81. The third kappa shape index (κ3) is 3.51. The Labute approximate surface area is 143 Å². The summed E-state index contributed by atoms with van der Waals surface area (Å²) < 4.78 is 6.72. The summed E-state index contributed by atoms with van der Waals surface area (Å²) in [5, 5.41) is 3.42. The van der Waals surface area contributed by atoms with E-state index < -0.39 is 5.76 Å². The molecule has 0 unspecified atom stereocenters. The number of aryl methyl sites for hydroxylation is 2. The van der Waals surface area contributed by atoms with Crippen molar-refractivity contribution in [1.82, 2.24) is 4.57 Å². The number of carbonyl (C=O) groups is 1. The Kier molecular flexibility index (Phi) is 4.71. The molecule has 0 saturated heterocycles. The largest absolute Gasteiger partial charge is 0.419 e. The van der Waals surface area contributed by atoms with Crippen molar-refractivity contribution in [3.05, 3.63) is 63.6 Å². The molecule has 0 fully saturated rings. The van der Waals surface area contributed by atoms with Crippen LogP contribution in [-0.4, -0.2) is 10.5 Å². The molecule has 0 atom stereocenters. The van der Waals surface area contributed by atoms with Crippen molar-refractivity contribution in [2.75, 3.05) is 5.32 Å². The van der Waals surface area contributed by atoms with Crippen molar-refractivity contribution < 1.29 is 9.21 Å². The fraction of sp³-hybridized carbons (Fsp3) is 0.222. The number of nitrogens with zero attached hydrogens (tertiary/aromatic N) is 1. The third-order valence-corrected chi connectivity index (χ3v) is 4.22. The summed E-state index contributed by atoms with van der Waals surface area (Å²) in [6, 6.07) is 12.6. The molecule has 3 aromatic rings. The van der Waals surface area contributed by atoms with E-state index >= 15 is 0 Å². The highest BCUT2D eigenvalue weighted by molar-refractivity contribution is 6.31. The van der Waals surface area contributed by atoms with E-state index in [2.05, 4.69) is 5.32 Å². The molecule has 2 aromatic carbocycles. The number of nitrogens with one attached hydrogen (secondary N) is 1. The van der Waals surface area contributed by atoms with E-state index in [0.717, 1.165) is 11.1 Å². The molecule has 3 rings (SSSR count). The standard InChI is InChI=1S/C18H17ClN2O3/c1-12-8-9-13(11-14(12)19)20-17(22)7-4-10-21-15-5-2-3-6-16(15)24-18(21)23/h2-3,5-6,8-9,11H,4,7,10H2,1H3,(H,20,22). The maximum Gasteiger partial charge on any atom is 0.419 e. The van der Waals surface area contributed by atoms with Gasteiger partial charge in [0.15, 0.2) is 5.58 Å². The van der Waals surface area contributed by atoms with Gasteiger partial charge >= 0.3 is 5.76 Å². The van der Waals surface area contributed by atoms with Gasteiger partial charge in [-0.3, -0.25) is 9.36 Å². The minimum atomic E-state index is -0.401. The Morgan fingerprint density at radius 2 is 2.04 bits per heavy atom. The SMILES string of the molecule is Cc1ccc(NC(=O)CCCn2c(=O)oc3ccccc32)cc1Cl. The van der Waals surface area contributed by atoms with Crippen LogP contribution in [0.2, 0.25) is 5.02 Å². The molecule has 0 bridgehead atoms. The number of hydrogen-bond donors (Lipinski definition) is 1. The number of anilines is 1. The lowest BCUT2D eigenvalue weighted by atomic mass is 10.2. The van der Waals surface area contributed by atoms with E-state index in [0.29, 0.717) is 35.7 Å². The van der Waals surface area contributed by atoms with Gasteiger partial charge in [0.2, 0.25) is 5.91 Å². The van der Waals surface area contributed by atoms with Crippen LogP contribution in [0.25, 0.3) is 11.1 Å².